The van der Waals surface area contributed by atoms with Gasteiger partial charge in [-0.3, -0.25) is 57.8 Å². The number of carbonyl (C=O) groups is 10. The van der Waals surface area contributed by atoms with Crippen molar-refractivity contribution < 1.29 is 57.8 Å². The van der Waals surface area contributed by atoms with E-state index in [0.29, 0.717) is 53.5 Å². The molecular formula is C79H103ClN16O12. The predicted octanol–water partition coefficient (Wildman–Crippen LogP) is 1.70. The fourth-order valence-corrected chi connectivity index (χ4v) is 13.1. The molecule has 2 aliphatic heterocycles. The van der Waals surface area contributed by atoms with E-state index in [-0.39, 0.29) is 82.8 Å². The largest absolute Gasteiger partial charge is 0.394 e. The van der Waals surface area contributed by atoms with Crippen molar-refractivity contribution in [3.63, 3.8) is 0 Å². The van der Waals surface area contributed by atoms with Crippen molar-refractivity contribution in [3.8, 4) is 0 Å². The molecule has 6 aromatic rings. The Balaban J connectivity index is 1.07. The zero-order valence-corrected chi connectivity index (χ0v) is 62.6. The SMILES string of the molecule is CC(C)C[C@H](NC(=O)[C@@H](Cc1ccc(N(C)C)cc1)NC(=O)[C@H](Cc1ccc(CN2CCOCC2)cc1)NC(=O)[C@H](CO)NC(=O)[C@@H](Cc1ccccc1)NC(=O)[C@@H](Cc1ccc(Cl)cc1)NC(=O)[C@H](N)Cc1cccc2ccccc12)C(=O)N[C@@H](CCCN=C(N)N)C(=O)N1CCC[C@H]1C(=O)N[C@H](C)C(N)=O. The Morgan fingerprint density at radius 1 is 0.546 bits per heavy atom. The summed E-state index contributed by atoms with van der Waals surface area (Å²) in [5.74, 6) is -8.24. The van der Waals surface area contributed by atoms with Crippen LogP contribution in [0.1, 0.15) is 86.3 Å². The number of morpholine rings is 1. The second-order valence-electron chi connectivity index (χ2n) is 28.2. The number of guanidine groups is 1. The number of likely N-dealkylation sites (tertiary alicyclic amines) is 1. The number of hydrogen-bond donors (Lipinski definition) is 13. The molecular weight excluding hydrogens is 1400 g/mol. The van der Waals surface area contributed by atoms with Gasteiger partial charge in [0.2, 0.25) is 59.1 Å². The van der Waals surface area contributed by atoms with Crippen LogP contribution in [0.3, 0.4) is 0 Å². The molecule has 2 saturated heterocycles. The van der Waals surface area contributed by atoms with Crippen LogP contribution in [0, 0.1) is 5.92 Å². The number of anilines is 1. The molecule has 108 heavy (non-hydrogen) atoms. The number of fused-ring (bicyclic) bond motifs is 1. The minimum absolute atomic E-state index is 0.000886. The number of ether oxygens (including phenoxy) is 1. The molecule has 28 nitrogen and oxygen atoms in total. The summed E-state index contributed by atoms with van der Waals surface area (Å²) in [5.41, 5.74) is 28.3. The quantitative estimate of drug-likeness (QED) is 0.0149. The van der Waals surface area contributed by atoms with Gasteiger partial charge >= 0.3 is 0 Å². The average molecular weight is 1500 g/mol. The van der Waals surface area contributed by atoms with Gasteiger partial charge < -0.3 is 85.1 Å². The molecule has 29 heteroatoms. The number of carbonyl (C=O) groups excluding carboxylic acids is 10. The van der Waals surface area contributed by atoms with Crippen molar-refractivity contribution in [3.05, 3.63) is 184 Å². The minimum Gasteiger partial charge on any atom is -0.394 e. The smallest absolute Gasteiger partial charge is 0.245 e. The zero-order valence-electron chi connectivity index (χ0n) is 61.8. The third-order valence-corrected chi connectivity index (χ3v) is 19.3. The van der Waals surface area contributed by atoms with Gasteiger partial charge in [0.15, 0.2) is 5.96 Å². The zero-order chi connectivity index (χ0) is 78.0. The van der Waals surface area contributed by atoms with Crippen LogP contribution in [-0.2, 0) is 91.3 Å². The monoisotopic (exact) mass is 1500 g/mol. The van der Waals surface area contributed by atoms with Gasteiger partial charge in [-0.25, -0.2) is 0 Å². The van der Waals surface area contributed by atoms with Crippen molar-refractivity contribution in [1.29, 1.82) is 0 Å². The number of aliphatic imine (C=N–C) groups is 1. The molecule has 0 unspecified atom stereocenters. The molecule has 0 bridgehead atoms. The van der Waals surface area contributed by atoms with Gasteiger partial charge in [0.1, 0.15) is 54.4 Å². The second kappa shape index (κ2) is 41.0. The van der Waals surface area contributed by atoms with Gasteiger partial charge in [0, 0.05) is 83.2 Å². The highest BCUT2D eigenvalue weighted by molar-refractivity contribution is 6.30. The second-order valence-corrected chi connectivity index (χ2v) is 28.6. The number of hydrogen-bond acceptors (Lipinski definition) is 16. The summed E-state index contributed by atoms with van der Waals surface area (Å²) in [5, 5.41) is 35.5. The van der Waals surface area contributed by atoms with Crippen molar-refractivity contribution in [2.24, 2.45) is 33.8 Å². The Hall–Kier alpha value is -10.5. The van der Waals surface area contributed by atoms with E-state index in [2.05, 4.69) is 52.4 Å². The highest BCUT2D eigenvalue weighted by Gasteiger charge is 2.40. The number of amides is 10. The normalized spacial score (nSPS) is 16.2. The number of benzene rings is 6. The molecule has 10 atom stereocenters. The molecule has 0 spiro atoms. The molecule has 0 aliphatic carbocycles. The van der Waals surface area contributed by atoms with Crippen LogP contribution >= 0.6 is 11.6 Å². The van der Waals surface area contributed by atoms with Gasteiger partial charge in [-0.15, -0.1) is 0 Å². The molecule has 0 aromatic heterocycles. The number of rotatable bonds is 38. The number of nitrogens with two attached hydrogens (primary N) is 4. The molecule has 6 aromatic carbocycles. The Labute approximate surface area is 635 Å². The first-order chi connectivity index (χ1) is 51.7. The topological polar surface area (TPSA) is 423 Å². The number of nitrogens with one attached hydrogen (secondary N) is 8. The van der Waals surface area contributed by atoms with Crippen molar-refractivity contribution in [2.45, 2.75) is 152 Å². The molecule has 578 valence electrons. The number of aliphatic hydroxyl groups is 1. The van der Waals surface area contributed by atoms with Gasteiger partial charge in [-0.2, -0.15) is 0 Å². The van der Waals surface area contributed by atoms with E-state index < -0.39 is 126 Å². The Kier molecular flexibility index (Phi) is 31.6. The standard InChI is InChI=1S/C79H103ClN16O12/c1-48(2)40-62(71(100)87-61(20-12-34-85-79(83)84)78(107)96-35-13-21-68(96)77(106)86-49(3)69(82)98)89-73(102)65(44-53-28-32-58(33-29-53)94(4)5)91-74(103)66(42-51-22-24-54(25-23-51)46-95-36-38-108-39-37-95)92-76(105)67(47-97)93-75(104)64(41-50-14-7-6-8-15-50)90-72(101)63(43-52-26-30-57(80)31-27-52)88-70(99)60(81)45-56-18-11-17-55-16-9-10-19-59(55)56/h6-11,14-19,22-33,48-49,60-68,97H,12-13,20-21,34-47,81H2,1-5H3,(H2,82,98)(H,86,106)(H,87,100)(H,88,99)(H,89,102)(H,90,101)(H,91,103)(H,92,105)(H,93,104)(H4,83,84,85)/t49-,60-,61+,62+,63-,64-,65-,66+,67+,68+/m1/s1. The van der Waals surface area contributed by atoms with E-state index in [9.17, 15) is 43.5 Å². The summed E-state index contributed by atoms with van der Waals surface area (Å²) in [6.07, 6.45) is 0.541. The van der Waals surface area contributed by atoms with E-state index >= 15 is 9.59 Å². The third kappa shape index (κ3) is 25.3. The lowest BCUT2D eigenvalue weighted by molar-refractivity contribution is -0.142. The number of primary amides is 1. The summed E-state index contributed by atoms with van der Waals surface area (Å²) in [6, 6.07) is 30.1. The van der Waals surface area contributed by atoms with Crippen LogP contribution in [0.4, 0.5) is 5.69 Å². The van der Waals surface area contributed by atoms with Crippen LogP contribution in [0.15, 0.2) is 151 Å². The van der Waals surface area contributed by atoms with Crippen molar-refractivity contribution in [2.75, 3.05) is 65.0 Å². The van der Waals surface area contributed by atoms with E-state index in [1.807, 2.05) is 99.6 Å². The predicted molar refractivity (Wildman–Crippen MR) is 413 cm³/mol. The van der Waals surface area contributed by atoms with E-state index in [1.54, 1.807) is 78.9 Å². The average Bonchev–Trinajstić information content (AvgIpc) is 1.52. The summed E-state index contributed by atoms with van der Waals surface area (Å²) in [6.45, 7) is 7.55. The molecule has 2 heterocycles. The van der Waals surface area contributed by atoms with E-state index in [1.165, 1.54) is 11.8 Å². The number of nitrogens with zero attached hydrogens (tertiary/aromatic N) is 4. The number of aliphatic hydroxyl groups excluding tert-OH is 1. The Bertz CT molecular complexity index is 4060. The van der Waals surface area contributed by atoms with Gasteiger partial charge in [-0.1, -0.05) is 147 Å². The summed E-state index contributed by atoms with van der Waals surface area (Å²) in [4.78, 5) is 154. The highest BCUT2D eigenvalue weighted by Crippen LogP contribution is 2.24. The molecule has 17 N–H and O–H groups in total. The molecule has 10 amide bonds. The molecule has 2 aliphatic rings. The van der Waals surface area contributed by atoms with Gasteiger partial charge in [0.05, 0.1) is 25.9 Å². The maximum atomic E-state index is 15.4. The van der Waals surface area contributed by atoms with Crippen molar-refractivity contribution in [1.82, 2.24) is 52.3 Å². The first kappa shape index (κ1) is 83.1. The van der Waals surface area contributed by atoms with Crippen molar-refractivity contribution >= 4 is 93.1 Å². The summed E-state index contributed by atoms with van der Waals surface area (Å²) in [7, 11) is 3.72. The Morgan fingerprint density at radius 3 is 1.56 bits per heavy atom. The van der Waals surface area contributed by atoms with E-state index in [4.69, 9.17) is 39.3 Å². The minimum atomic E-state index is -1.76. The molecule has 2 fully saturated rings. The van der Waals surface area contributed by atoms with Gasteiger partial charge in [0.25, 0.3) is 0 Å². The maximum absolute atomic E-state index is 15.4. The Morgan fingerprint density at radius 2 is 1.02 bits per heavy atom. The van der Waals surface area contributed by atoms with Crippen LogP contribution in [-0.4, -0.2) is 200 Å². The third-order valence-electron chi connectivity index (χ3n) is 19.0. The molecule has 0 radical (unpaired) electrons. The first-order valence-electron chi connectivity index (χ1n) is 36.6. The van der Waals surface area contributed by atoms with Crippen LogP contribution in [0.2, 0.25) is 5.02 Å². The van der Waals surface area contributed by atoms with Crippen LogP contribution < -0.4 is 70.4 Å². The highest BCUT2D eigenvalue weighted by atomic mass is 35.5. The van der Waals surface area contributed by atoms with Crippen LogP contribution in [0.5, 0.6) is 0 Å². The molecule has 8 rings (SSSR count). The lowest BCUT2D eigenvalue weighted by Crippen LogP contribution is -2.61. The molecule has 0 saturated carbocycles. The summed E-state index contributed by atoms with van der Waals surface area (Å²) >= 11 is 6.26. The fraction of sp³-hybridized carbons (Fsp3) is 0.430. The lowest BCUT2D eigenvalue weighted by atomic mass is 9.98. The van der Waals surface area contributed by atoms with Gasteiger partial charge in [-0.05, 0) is 120 Å². The van der Waals surface area contributed by atoms with E-state index in [0.717, 1.165) is 40.7 Å². The van der Waals surface area contributed by atoms with Crippen LogP contribution in [0.25, 0.3) is 10.8 Å². The number of halogens is 1. The first-order valence-corrected chi connectivity index (χ1v) is 36.9. The maximum Gasteiger partial charge on any atom is 0.245 e. The lowest BCUT2D eigenvalue weighted by Gasteiger charge is -2.31. The fourth-order valence-electron chi connectivity index (χ4n) is 13.0. The summed E-state index contributed by atoms with van der Waals surface area (Å²) < 4.78 is 5.56.